The molecule has 9 unspecified atom stereocenters. The molecule has 6 heterocycles. The van der Waals surface area contributed by atoms with E-state index in [-0.39, 0.29) is 35.3 Å². The fourth-order valence-corrected chi connectivity index (χ4v) is 10.6. The maximum atomic E-state index is 12.5. The predicted molar refractivity (Wildman–Crippen MR) is 227 cm³/mol. The van der Waals surface area contributed by atoms with E-state index < -0.39 is 12.2 Å². The first kappa shape index (κ1) is 43.9. The summed E-state index contributed by atoms with van der Waals surface area (Å²) in [6.45, 7) is 17.2. The summed E-state index contributed by atoms with van der Waals surface area (Å²) in [5, 5.41) is 23.1. The van der Waals surface area contributed by atoms with Gasteiger partial charge < -0.3 is 29.6 Å². The monoisotopic (exact) mass is 787 g/mol. The van der Waals surface area contributed by atoms with Gasteiger partial charge in [0.15, 0.2) is 0 Å². The van der Waals surface area contributed by atoms with Gasteiger partial charge in [0.05, 0.1) is 32.3 Å². The lowest BCUT2D eigenvalue weighted by molar-refractivity contribution is -0.143. The van der Waals surface area contributed by atoms with E-state index in [9.17, 15) is 15.0 Å². The molecule has 9 rings (SSSR count). The van der Waals surface area contributed by atoms with Crippen LogP contribution in [0.4, 0.5) is 5.69 Å². The predicted octanol–water partition coefficient (Wildman–Crippen LogP) is 5.31. The van der Waals surface area contributed by atoms with Crippen LogP contribution in [0.25, 0.3) is 10.9 Å². The number of H-pyrrole nitrogens is 1. The molecule has 1 saturated carbocycles. The Hall–Kier alpha value is -4.20. The number of fused-ring (bicyclic) bond motifs is 6. The van der Waals surface area contributed by atoms with Crippen molar-refractivity contribution < 1.29 is 29.3 Å². The molecule has 1 amide bonds. The highest BCUT2D eigenvalue weighted by Crippen LogP contribution is 2.60. The average molecular weight is 787 g/mol. The molecule has 12 nitrogen and oxygen atoms in total. The van der Waals surface area contributed by atoms with Crippen molar-refractivity contribution in [2.24, 2.45) is 17.7 Å². The maximum absolute atomic E-state index is 12.5. The molecule has 1 saturated heterocycles. The number of esters is 1. The van der Waals surface area contributed by atoms with E-state index in [1.54, 1.807) is 12.5 Å². The van der Waals surface area contributed by atoms with Crippen LogP contribution in [0, 0.1) is 18.8 Å². The largest absolute Gasteiger partial charge is 0.496 e. The summed E-state index contributed by atoms with van der Waals surface area (Å²) in [5.41, 5.74) is 10.1. The van der Waals surface area contributed by atoms with E-state index in [1.165, 1.54) is 29.2 Å². The van der Waals surface area contributed by atoms with Crippen molar-refractivity contribution in [3.63, 3.8) is 0 Å². The van der Waals surface area contributed by atoms with Crippen molar-refractivity contribution >= 4 is 29.0 Å². The number of aryl methyl sites for hydroxylation is 1. The van der Waals surface area contributed by atoms with Crippen LogP contribution in [0.3, 0.4) is 0 Å². The number of ether oxygens (including phenoxy) is 2. The number of nitrogens with zero attached hydrogens (tertiary/aromatic N) is 3. The average Bonchev–Trinajstić information content (AvgIpc) is 3.89. The summed E-state index contributed by atoms with van der Waals surface area (Å²) in [6, 6.07) is 12.9. The summed E-state index contributed by atoms with van der Waals surface area (Å²) >= 11 is 0. The number of hydrogen-bond acceptors (Lipinski definition) is 10. The van der Waals surface area contributed by atoms with Crippen LogP contribution in [0.1, 0.15) is 82.2 Å². The summed E-state index contributed by atoms with van der Waals surface area (Å²) in [5.74, 6) is 5.35. The van der Waals surface area contributed by atoms with Gasteiger partial charge >= 0.3 is 5.97 Å². The topological polar surface area (TPSA) is 157 Å². The number of aliphatic hydroxyl groups is 2. The molecule has 12 heteroatoms. The number of likely N-dealkylation sites (N-methyl/N-ethyl adjacent to an activating group) is 1. The molecule has 2 fully saturated rings. The maximum Gasteiger partial charge on any atom is 0.314 e. The Morgan fingerprint density at radius 3 is 2.47 bits per heavy atom. The molecule has 6 aliphatic rings. The zero-order valence-electron chi connectivity index (χ0n) is 35.4. The number of carbonyl (C=O) groups excluding carboxylic acids is 2. The fourth-order valence-electron chi connectivity index (χ4n) is 10.6. The van der Waals surface area contributed by atoms with Crippen molar-refractivity contribution in [1.29, 1.82) is 0 Å². The molecule has 3 aromatic rings. The molecule has 1 aromatic heterocycles. The van der Waals surface area contributed by atoms with Gasteiger partial charge in [-0.2, -0.15) is 0 Å². The fraction of sp³-hybridized carbons (Fsp3) is 0.556. The highest BCUT2D eigenvalue weighted by Gasteiger charge is 2.68. The van der Waals surface area contributed by atoms with Crippen molar-refractivity contribution in [2.75, 3.05) is 52.3 Å². The number of aromatic nitrogens is 1. The minimum Gasteiger partial charge on any atom is -0.496 e. The van der Waals surface area contributed by atoms with Gasteiger partial charge in [-0.05, 0) is 67.5 Å². The molecule has 57 heavy (non-hydrogen) atoms. The van der Waals surface area contributed by atoms with E-state index in [0.29, 0.717) is 12.3 Å². The molecule has 0 radical (unpaired) electrons. The first-order valence-corrected chi connectivity index (χ1v) is 20.8. The number of rotatable bonds is 4. The summed E-state index contributed by atoms with van der Waals surface area (Å²) in [7, 11) is 5.24. The van der Waals surface area contributed by atoms with Gasteiger partial charge in [0.25, 0.3) is 0 Å². The molecule has 312 valence electrons. The third kappa shape index (κ3) is 7.87. The number of nitrogens with two attached hydrogens (primary N) is 1. The molecular weight excluding hydrogens is 721 g/mol. The highest BCUT2D eigenvalue weighted by molar-refractivity contribution is 5.88. The van der Waals surface area contributed by atoms with E-state index >= 15 is 0 Å². The second-order valence-electron chi connectivity index (χ2n) is 15.4. The molecule has 5 aliphatic heterocycles. The van der Waals surface area contributed by atoms with Crippen molar-refractivity contribution in [1.82, 2.24) is 20.2 Å². The number of para-hydroxylation sites is 1. The Morgan fingerprint density at radius 2 is 1.81 bits per heavy atom. The lowest BCUT2D eigenvalue weighted by Gasteiger charge is -2.54. The number of benzene rings is 2. The smallest absolute Gasteiger partial charge is 0.314 e. The lowest BCUT2D eigenvalue weighted by Crippen LogP contribution is -2.69. The number of aliphatic hydroxyl groups excluding tert-OH is 2. The standard InChI is InChI=1S/C20H26N2O3.C20H24N2O2.2C2H6.CH4N2O/c1-11-9-13-14(10-15(11)25-3)21(2)19-17(24)16(23)12-5-4-7-22-8-6-20(13,19)18(12)22;1-3-13-8-14-9-16(20(23)24-2)19-17(12-22(10-13)11-14)15-6-4-5-7-18(15)21-19;2*1-2;2-3-1-4/h4-5,9-10,12,16-19,23-24H,6-8H2,1-3H3;4-8,14,16,21H,3,9-12H2,1-2H3;2*1-2H3;1H,2H2,(H,3,4). The number of hydrazine groups is 1. The molecule has 2 aromatic carbocycles. The SMILES string of the molecule is CC.CC.CCC1=CC2CC(C(=O)OC)c3[nH]c4ccccc4c3CN(C1)C2.COc1cc2c(cc1C)C13CCN4CC=CC(C(O)C(O)C1N2C)C43.NNC=O. The molecule has 1 aliphatic carbocycles. The van der Waals surface area contributed by atoms with Gasteiger partial charge in [0, 0.05) is 79.0 Å². The van der Waals surface area contributed by atoms with Gasteiger partial charge in [-0.15, -0.1) is 0 Å². The third-order valence-corrected chi connectivity index (χ3v) is 12.7. The van der Waals surface area contributed by atoms with Gasteiger partial charge in [-0.1, -0.05) is 76.6 Å². The van der Waals surface area contributed by atoms with Gasteiger partial charge in [0.2, 0.25) is 6.41 Å². The van der Waals surface area contributed by atoms with Crippen LogP contribution >= 0.6 is 0 Å². The number of nitrogens with one attached hydrogen (secondary N) is 2. The molecule has 6 N–H and O–H groups in total. The van der Waals surface area contributed by atoms with E-state index in [4.69, 9.17) is 14.3 Å². The number of hydrogen-bond donors (Lipinski definition) is 5. The minimum atomic E-state index is -0.757. The first-order chi connectivity index (χ1) is 27.6. The van der Waals surface area contributed by atoms with Crippen LogP contribution in [-0.2, 0) is 26.3 Å². The van der Waals surface area contributed by atoms with E-state index in [2.05, 4.69) is 87.9 Å². The van der Waals surface area contributed by atoms with Gasteiger partial charge in [0.1, 0.15) is 11.9 Å². The summed E-state index contributed by atoms with van der Waals surface area (Å²) in [6.07, 6.45) is 8.51. The Morgan fingerprint density at radius 1 is 1.09 bits per heavy atom. The number of carbonyl (C=O) groups is 2. The van der Waals surface area contributed by atoms with E-state index in [0.717, 1.165) is 80.2 Å². The molecular formula is C45H66N6O6. The minimum absolute atomic E-state index is 0.00995. The number of amides is 1. The quantitative estimate of drug-likeness (QED) is 0.0587. The van der Waals surface area contributed by atoms with Crippen LogP contribution in [0.5, 0.6) is 5.75 Å². The molecule has 1 spiro atoms. The number of anilines is 1. The van der Waals surface area contributed by atoms with Crippen LogP contribution in [0.15, 0.2) is 60.2 Å². The zero-order chi connectivity index (χ0) is 41.6. The highest BCUT2D eigenvalue weighted by atomic mass is 16.5. The second kappa shape index (κ2) is 19.0. The lowest BCUT2D eigenvalue weighted by atomic mass is 9.58. The van der Waals surface area contributed by atoms with Crippen LogP contribution in [0.2, 0.25) is 0 Å². The molecule has 2 bridgehead atoms. The Labute approximate surface area is 339 Å². The Balaban J connectivity index is 0.000000185. The van der Waals surface area contributed by atoms with E-state index in [1.807, 2.05) is 40.8 Å². The molecule has 9 atom stereocenters. The third-order valence-electron chi connectivity index (χ3n) is 12.7. The number of aromatic amines is 1. The summed E-state index contributed by atoms with van der Waals surface area (Å²) in [4.78, 5) is 32.2. The first-order valence-electron chi connectivity index (χ1n) is 20.8. The van der Waals surface area contributed by atoms with Crippen LogP contribution in [-0.4, -0.2) is 109 Å². The van der Waals surface area contributed by atoms with Crippen molar-refractivity contribution in [2.45, 2.75) is 103 Å². The number of methoxy groups -OCH3 is 2. The second-order valence-corrected chi connectivity index (χ2v) is 15.4. The van der Waals surface area contributed by atoms with Crippen molar-refractivity contribution in [3.05, 3.63) is 82.6 Å². The van der Waals surface area contributed by atoms with Gasteiger partial charge in [-0.3, -0.25) is 24.8 Å². The Kier molecular flexibility index (Phi) is 14.7. The van der Waals surface area contributed by atoms with Crippen molar-refractivity contribution in [3.8, 4) is 5.75 Å². The normalized spacial score (nSPS) is 29.8. The zero-order valence-corrected chi connectivity index (χ0v) is 35.4. The van der Waals surface area contributed by atoms with Crippen LogP contribution < -0.4 is 20.9 Å². The Bertz CT molecular complexity index is 1910. The van der Waals surface area contributed by atoms with Gasteiger partial charge in [-0.25, -0.2) is 5.84 Å². The summed E-state index contributed by atoms with van der Waals surface area (Å²) < 4.78 is 10.7.